The van der Waals surface area contributed by atoms with Gasteiger partial charge in [0.15, 0.2) is 0 Å². The Balaban J connectivity index is 1.13. The summed E-state index contributed by atoms with van der Waals surface area (Å²) >= 11 is 0. The molecular formula is C56H38N2. The predicted molar refractivity (Wildman–Crippen MR) is 247 cm³/mol. The molecule has 2 nitrogen and oxygen atoms in total. The minimum absolute atomic E-state index is 1.12. The van der Waals surface area contributed by atoms with Crippen LogP contribution < -0.4 is 4.90 Å². The number of fused-ring (bicyclic) bond motifs is 5. The molecule has 11 aromatic rings. The molecule has 2 heteroatoms. The quantitative estimate of drug-likeness (QED) is 0.158. The molecule has 0 saturated heterocycles. The van der Waals surface area contributed by atoms with E-state index >= 15 is 0 Å². The first-order valence-corrected chi connectivity index (χ1v) is 19.9. The smallest absolute Gasteiger partial charge is 0.0541 e. The largest absolute Gasteiger partial charge is 0.309 e. The standard InChI is InChI=1S/C56H38N2/c1-3-17-39(18-4-1)43-35-44(48-29-15-21-40-19-7-9-25-47(40)48)37-46(36-43)58-55-31-14-12-28-51(55)52-38-42(33-34-56(52)58)50-27-11-13-30-53(50)57(45-23-5-2-6-24-45)54-32-16-22-41-20-8-10-26-49(41)54/h1-38H. The number of nitrogens with zero attached hydrogens (tertiary/aromatic N) is 2. The third kappa shape index (κ3) is 5.74. The highest BCUT2D eigenvalue weighted by Crippen LogP contribution is 2.45. The van der Waals surface area contributed by atoms with Crippen LogP contribution in [-0.4, -0.2) is 4.57 Å². The number of hydrogen-bond donors (Lipinski definition) is 0. The SMILES string of the molecule is c1ccc(-c2cc(-c3cccc4ccccc34)cc(-n3c4ccccc4c4cc(-c5ccccc5N(c5ccccc5)c5cccc6ccccc56)ccc43)c2)cc1. The third-order valence-corrected chi connectivity index (χ3v) is 11.5. The maximum atomic E-state index is 2.45. The lowest BCUT2D eigenvalue weighted by molar-refractivity contribution is 1.18. The van der Waals surface area contributed by atoms with E-state index < -0.39 is 0 Å². The molecule has 0 amide bonds. The van der Waals surface area contributed by atoms with Crippen molar-refractivity contribution in [1.29, 1.82) is 0 Å². The lowest BCUT2D eigenvalue weighted by Crippen LogP contribution is -2.11. The van der Waals surface area contributed by atoms with Crippen LogP contribution in [0.4, 0.5) is 17.1 Å². The van der Waals surface area contributed by atoms with E-state index in [0.29, 0.717) is 0 Å². The number of hydrogen-bond acceptors (Lipinski definition) is 1. The minimum atomic E-state index is 1.12. The molecule has 0 saturated carbocycles. The molecule has 0 N–H and O–H groups in total. The van der Waals surface area contributed by atoms with E-state index in [0.717, 1.165) is 22.7 Å². The fourth-order valence-corrected chi connectivity index (χ4v) is 8.89. The van der Waals surface area contributed by atoms with Crippen molar-refractivity contribution < 1.29 is 0 Å². The molecule has 10 aromatic carbocycles. The second kappa shape index (κ2) is 14.1. The molecule has 0 aliphatic carbocycles. The maximum Gasteiger partial charge on any atom is 0.0541 e. The van der Waals surface area contributed by atoms with E-state index in [1.165, 1.54) is 76.7 Å². The number of anilines is 3. The van der Waals surface area contributed by atoms with Crippen LogP contribution in [0.25, 0.3) is 82.4 Å². The van der Waals surface area contributed by atoms with E-state index in [1.807, 2.05) is 0 Å². The molecule has 272 valence electrons. The van der Waals surface area contributed by atoms with Gasteiger partial charge >= 0.3 is 0 Å². The van der Waals surface area contributed by atoms with Crippen LogP contribution in [0.5, 0.6) is 0 Å². The Hall–Kier alpha value is -7.68. The average molecular weight is 739 g/mol. The molecule has 58 heavy (non-hydrogen) atoms. The Morgan fingerprint density at radius 3 is 1.69 bits per heavy atom. The number of benzene rings is 10. The summed E-state index contributed by atoms with van der Waals surface area (Å²) in [5.41, 5.74) is 14.0. The van der Waals surface area contributed by atoms with Crippen molar-refractivity contribution in [2.75, 3.05) is 4.90 Å². The van der Waals surface area contributed by atoms with Gasteiger partial charge in [0.05, 0.1) is 22.4 Å². The van der Waals surface area contributed by atoms with E-state index in [-0.39, 0.29) is 0 Å². The van der Waals surface area contributed by atoms with Crippen LogP contribution in [0.2, 0.25) is 0 Å². The van der Waals surface area contributed by atoms with Gasteiger partial charge < -0.3 is 9.47 Å². The Labute approximate surface area is 338 Å². The lowest BCUT2D eigenvalue weighted by Gasteiger charge is -2.29. The highest BCUT2D eigenvalue weighted by molar-refractivity contribution is 6.11. The molecule has 0 aliphatic heterocycles. The van der Waals surface area contributed by atoms with Crippen LogP contribution in [0.15, 0.2) is 231 Å². The molecule has 0 spiro atoms. The van der Waals surface area contributed by atoms with Crippen LogP contribution in [0.3, 0.4) is 0 Å². The molecule has 0 bridgehead atoms. The molecule has 0 unspecified atom stereocenters. The van der Waals surface area contributed by atoms with Gasteiger partial charge in [0.1, 0.15) is 0 Å². The van der Waals surface area contributed by atoms with Gasteiger partial charge in [-0.15, -0.1) is 0 Å². The molecular weight excluding hydrogens is 701 g/mol. The normalized spacial score (nSPS) is 11.4. The Morgan fingerprint density at radius 1 is 0.293 bits per heavy atom. The highest BCUT2D eigenvalue weighted by atomic mass is 15.1. The predicted octanol–water partition coefficient (Wildman–Crippen LogP) is 15.6. The Kier molecular flexibility index (Phi) is 8.19. The van der Waals surface area contributed by atoms with Gasteiger partial charge in [-0.25, -0.2) is 0 Å². The Morgan fingerprint density at radius 2 is 0.862 bits per heavy atom. The van der Waals surface area contributed by atoms with E-state index in [9.17, 15) is 0 Å². The fourth-order valence-electron chi connectivity index (χ4n) is 8.89. The first-order chi connectivity index (χ1) is 28.8. The van der Waals surface area contributed by atoms with Gasteiger partial charge in [-0.1, -0.05) is 170 Å². The van der Waals surface area contributed by atoms with Gasteiger partial charge in [-0.2, -0.15) is 0 Å². The van der Waals surface area contributed by atoms with Gasteiger partial charge in [-0.05, 0) is 105 Å². The average Bonchev–Trinajstić information content (AvgIpc) is 3.63. The zero-order valence-electron chi connectivity index (χ0n) is 31.8. The Bertz CT molecular complexity index is 3280. The van der Waals surface area contributed by atoms with Crippen LogP contribution in [0, 0.1) is 0 Å². The molecule has 1 aromatic heterocycles. The summed E-state index contributed by atoms with van der Waals surface area (Å²) in [6, 6.07) is 83.8. The van der Waals surface area contributed by atoms with Gasteiger partial charge in [0, 0.05) is 33.1 Å². The summed E-state index contributed by atoms with van der Waals surface area (Å²) in [6.45, 7) is 0. The maximum absolute atomic E-state index is 2.45. The minimum Gasteiger partial charge on any atom is -0.309 e. The molecule has 0 fully saturated rings. The first-order valence-electron chi connectivity index (χ1n) is 19.9. The number of aromatic nitrogens is 1. The van der Waals surface area contributed by atoms with Gasteiger partial charge in [-0.3, -0.25) is 0 Å². The molecule has 1 heterocycles. The van der Waals surface area contributed by atoms with Crippen molar-refractivity contribution in [3.05, 3.63) is 231 Å². The van der Waals surface area contributed by atoms with Crippen molar-refractivity contribution in [1.82, 2.24) is 4.57 Å². The first kappa shape index (κ1) is 33.6. The number of rotatable bonds is 7. The molecule has 0 atom stereocenters. The van der Waals surface area contributed by atoms with Crippen LogP contribution in [-0.2, 0) is 0 Å². The van der Waals surface area contributed by atoms with Crippen molar-refractivity contribution in [2.45, 2.75) is 0 Å². The van der Waals surface area contributed by atoms with E-state index in [1.54, 1.807) is 0 Å². The second-order valence-corrected chi connectivity index (χ2v) is 14.9. The topological polar surface area (TPSA) is 8.17 Å². The summed E-state index contributed by atoms with van der Waals surface area (Å²) in [7, 11) is 0. The molecule has 0 aliphatic rings. The zero-order chi connectivity index (χ0) is 38.4. The molecule has 0 radical (unpaired) electrons. The monoisotopic (exact) mass is 738 g/mol. The summed E-state index contributed by atoms with van der Waals surface area (Å²) in [5, 5.41) is 7.36. The summed E-state index contributed by atoms with van der Waals surface area (Å²) in [6.07, 6.45) is 0. The van der Waals surface area contributed by atoms with Crippen molar-refractivity contribution in [3.63, 3.8) is 0 Å². The summed E-state index contributed by atoms with van der Waals surface area (Å²) in [5.74, 6) is 0. The highest BCUT2D eigenvalue weighted by Gasteiger charge is 2.21. The van der Waals surface area contributed by atoms with Crippen molar-refractivity contribution in [2.24, 2.45) is 0 Å². The zero-order valence-corrected chi connectivity index (χ0v) is 31.8. The number of para-hydroxylation sites is 3. The summed E-state index contributed by atoms with van der Waals surface area (Å²) < 4.78 is 2.45. The van der Waals surface area contributed by atoms with Crippen molar-refractivity contribution in [3.8, 4) is 39.1 Å². The lowest BCUT2D eigenvalue weighted by atomic mass is 9.94. The second-order valence-electron chi connectivity index (χ2n) is 14.9. The third-order valence-electron chi connectivity index (χ3n) is 11.5. The molecule has 11 rings (SSSR count). The van der Waals surface area contributed by atoms with E-state index in [2.05, 4.69) is 240 Å². The van der Waals surface area contributed by atoms with Gasteiger partial charge in [0.2, 0.25) is 0 Å². The summed E-state index contributed by atoms with van der Waals surface area (Å²) in [4.78, 5) is 2.41. The van der Waals surface area contributed by atoms with Crippen molar-refractivity contribution >= 4 is 60.4 Å². The van der Waals surface area contributed by atoms with Crippen LogP contribution in [0.1, 0.15) is 0 Å². The fraction of sp³-hybridized carbons (Fsp3) is 0. The van der Waals surface area contributed by atoms with E-state index in [4.69, 9.17) is 0 Å². The van der Waals surface area contributed by atoms with Crippen LogP contribution >= 0.6 is 0 Å². The van der Waals surface area contributed by atoms with Gasteiger partial charge in [0.25, 0.3) is 0 Å².